The molecule has 21 heavy (non-hydrogen) atoms. The molecule has 1 atom stereocenters. The smallest absolute Gasteiger partial charge is 0.243 e. The van der Waals surface area contributed by atoms with Gasteiger partial charge in [0.15, 0.2) is 11.5 Å². The number of rotatable bonds is 5. The van der Waals surface area contributed by atoms with Crippen molar-refractivity contribution in [3.05, 3.63) is 18.2 Å². The van der Waals surface area contributed by atoms with E-state index in [-0.39, 0.29) is 10.3 Å². The zero-order chi connectivity index (χ0) is 15.7. The maximum atomic E-state index is 12.7. The number of nitrogens with two attached hydrogens (primary N) is 1. The van der Waals surface area contributed by atoms with Crippen molar-refractivity contribution in [2.24, 2.45) is 11.1 Å². The highest BCUT2D eigenvalue weighted by molar-refractivity contribution is 7.89. The highest BCUT2D eigenvalue weighted by atomic mass is 32.2. The molecular weight excluding hydrogens is 292 g/mol. The zero-order valence-electron chi connectivity index (χ0n) is 12.6. The summed E-state index contributed by atoms with van der Waals surface area (Å²) in [6.07, 6.45) is 0.774. The summed E-state index contributed by atoms with van der Waals surface area (Å²) in [6.45, 7) is 3.42. The lowest BCUT2D eigenvalue weighted by Crippen LogP contribution is -2.34. The van der Waals surface area contributed by atoms with Crippen LogP contribution in [0.4, 0.5) is 0 Å². The summed E-state index contributed by atoms with van der Waals surface area (Å²) >= 11 is 0. The Balaban J connectivity index is 2.33. The summed E-state index contributed by atoms with van der Waals surface area (Å²) < 4.78 is 37.2. The fourth-order valence-corrected chi connectivity index (χ4v) is 4.08. The van der Waals surface area contributed by atoms with Crippen molar-refractivity contribution in [2.75, 3.05) is 33.9 Å². The predicted octanol–water partition coefficient (Wildman–Crippen LogP) is 1.06. The molecule has 0 spiro atoms. The molecule has 1 fully saturated rings. The van der Waals surface area contributed by atoms with Gasteiger partial charge in [0.2, 0.25) is 10.0 Å². The number of nitrogens with zero attached hydrogens (tertiary/aromatic N) is 1. The molecule has 1 heterocycles. The number of hydrogen-bond donors (Lipinski definition) is 1. The Morgan fingerprint density at radius 1 is 1.29 bits per heavy atom. The van der Waals surface area contributed by atoms with Crippen LogP contribution in [-0.2, 0) is 10.0 Å². The molecule has 1 aromatic rings. The summed E-state index contributed by atoms with van der Waals surface area (Å²) in [6, 6.07) is 4.63. The van der Waals surface area contributed by atoms with Crippen LogP contribution in [0.3, 0.4) is 0 Å². The first-order valence-electron chi connectivity index (χ1n) is 6.78. The van der Waals surface area contributed by atoms with E-state index in [1.807, 2.05) is 6.92 Å². The van der Waals surface area contributed by atoms with Crippen molar-refractivity contribution < 1.29 is 17.9 Å². The summed E-state index contributed by atoms with van der Waals surface area (Å²) in [5.41, 5.74) is 5.59. The van der Waals surface area contributed by atoms with Crippen LogP contribution >= 0.6 is 0 Å². The second-order valence-corrected chi connectivity index (χ2v) is 7.56. The van der Waals surface area contributed by atoms with E-state index < -0.39 is 10.0 Å². The van der Waals surface area contributed by atoms with Crippen LogP contribution in [0.25, 0.3) is 0 Å². The van der Waals surface area contributed by atoms with Gasteiger partial charge in [-0.2, -0.15) is 4.31 Å². The van der Waals surface area contributed by atoms with Crippen LogP contribution in [0.15, 0.2) is 23.1 Å². The first-order chi connectivity index (χ1) is 9.86. The fraction of sp³-hybridized carbons (Fsp3) is 0.571. The second kappa shape index (κ2) is 5.82. The van der Waals surface area contributed by atoms with Crippen LogP contribution in [0.1, 0.15) is 13.3 Å². The molecule has 0 radical (unpaired) electrons. The normalized spacial score (nSPS) is 23.2. The summed E-state index contributed by atoms with van der Waals surface area (Å²) in [5.74, 6) is 0.907. The first-order valence-corrected chi connectivity index (χ1v) is 8.22. The lowest BCUT2D eigenvalue weighted by Gasteiger charge is -2.22. The van der Waals surface area contributed by atoms with Gasteiger partial charge < -0.3 is 15.2 Å². The molecule has 1 aromatic carbocycles. The standard InChI is InChI=1S/C14H22N2O4S/c1-14(9-15)6-7-16(10-14)21(17,18)11-4-5-12(19-2)13(8-11)20-3/h4-5,8H,6-7,9-10,15H2,1-3H3. The SMILES string of the molecule is COc1ccc(S(=O)(=O)N2CCC(C)(CN)C2)cc1OC. The highest BCUT2D eigenvalue weighted by Gasteiger charge is 2.39. The lowest BCUT2D eigenvalue weighted by molar-refractivity contribution is 0.348. The van der Waals surface area contributed by atoms with E-state index in [1.165, 1.54) is 30.7 Å². The molecule has 0 bridgehead atoms. The maximum Gasteiger partial charge on any atom is 0.243 e. The largest absolute Gasteiger partial charge is 0.493 e. The fourth-order valence-electron chi connectivity index (χ4n) is 2.48. The molecule has 7 heteroatoms. The Bertz CT molecular complexity index is 617. The third-order valence-corrected chi connectivity index (χ3v) is 5.85. The van der Waals surface area contributed by atoms with Gasteiger partial charge in [0, 0.05) is 19.2 Å². The molecule has 0 saturated carbocycles. The average Bonchev–Trinajstić information content (AvgIpc) is 2.90. The lowest BCUT2D eigenvalue weighted by atomic mass is 9.90. The summed E-state index contributed by atoms with van der Waals surface area (Å²) in [7, 11) is -0.540. The minimum atomic E-state index is -3.54. The molecule has 0 aliphatic carbocycles. The predicted molar refractivity (Wildman–Crippen MR) is 80.1 cm³/mol. The molecule has 118 valence electrons. The molecule has 0 amide bonds. The second-order valence-electron chi connectivity index (χ2n) is 5.62. The molecule has 1 aliphatic rings. The highest BCUT2D eigenvalue weighted by Crippen LogP contribution is 2.35. The van der Waals surface area contributed by atoms with Crippen LogP contribution in [0, 0.1) is 5.41 Å². The van der Waals surface area contributed by atoms with E-state index in [9.17, 15) is 8.42 Å². The number of methoxy groups -OCH3 is 2. The topological polar surface area (TPSA) is 81.9 Å². The quantitative estimate of drug-likeness (QED) is 0.879. The van der Waals surface area contributed by atoms with Crippen molar-refractivity contribution in [2.45, 2.75) is 18.2 Å². The van der Waals surface area contributed by atoms with Gasteiger partial charge in [-0.1, -0.05) is 6.92 Å². The van der Waals surface area contributed by atoms with E-state index in [1.54, 1.807) is 6.07 Å². The maximum absolute atomic E-state index is 12.7. The Hall–Kier alpha value is -1.31. The molecule has 6 nitrogen and oxygen atoms in total. The zero-order valence-corrected chi connectivity index (χ0v) is 13.4. The van der Waals surface area contributed by atoms with E-state index in [0.717, 1.165) is 6.42 Å². The third-order valence-electron chi connectivity index (χ3n) is 4.01. The summed E-state index contributed by atoms with van der Waals surface area (Å²) in [4.78, 5) is 0.210. The van der Waals surface area contributed by atoms with Crippen molar-refractivity contribution in [3.8, 4) is 11.5 Å². The van der Waals surface area contributed by atoms with Crippen molar-refractivity contribution in [1.29, 1.82) is 0 Å². The average molecular weight is 314 g/mol. The van der Waals surface area contributed by atoms with E-state index in [2.05, 4.69) is 0 Å². The Kier molecular flexibility index (Phi) is 4.46. The monoisotopic (exact) mass is 314 g/mol. The van der Waals surface area contributed by atoms with Crippen molar-refractivity contribution >= 4 is 10.0 Å². The molecule has 1 aliphatic heterocycles. The number of ether oxygens (including phenoxy) is 2. The van der Waals surface area contributed by atoms with E-state index >= 15 is 0 Å². The number of hydrogen-bond acceptors (Lipinski definition) is 5. The minimum Gasteiger partial charge on any atom is -0.493 e. The Morgan fingerprint density at radius 2 is 1.95 bits per heavy atom. The van der Waals surface area contributed by atoms with Gasteiger partial charge in [-0.15, -0.1) is 0 Å². The van der Waals surface area contributed by atoms with Gasteiger partial charge >= 0.3 is 0 Å². The van der Waals surface area contributed by atoms with Crippen LogP contribution in [0.2, 0.25) is 0 Å². The Labute approximate surface area is 125 Å². The summed E-state index contributed by atoms with van der Waals surface area (Å²) in [5, 5.41) is 0. The molecule has 1 saturated heterocycles. The molecular formula is C14H22N2O4S. The van der Waals surface area contributed by atoms with Crippen LogP contribution in [-0.4, -0.2) is 46.6 Å². The third kappa shape index (κ3) is 3.00. The van der Waals surface area contributed by atoms with Gasteiger partial charge in [0.05, 0.1) is 19.1 Å². The van der Waals surface area contributed by atoms with Crippen LogP contribution in [0.5, 0.6) is 11.5 Å². The molecule has 0 aromatic heterocycles. The van der Waals surface area contributed by atoms with E-state index in [0.29, 0.717) is 31.1 Å². The van der Waals surface area contributed by atoms with E-state index in [4.69, 9.17) is 15.2 Å². The van der Waals surface area contributed by atoms with Gasteiger partial charge in [-0.05, 0) is 30.5 Å². The minimum absolute atomic E-state index is 0.149. The van der Waals surface area contributed by atoms with Gasteiger partial charge in [-0.3, -0.25) is 0 Å². The first kappa shape index (κ1) is 16.1. The van der Waals surface area contributed by atoms with Gasteiger partial charge in [0.25, 0.3) is 0 Å². The van der Waals surface area contributed by atoms with Crippen LogP contribution < -0.4 is 15.2 Å². The van der Waals surface area contributed by atoms with Gasteiger partial charge in [0.1, 0.15) is 0 Å². The number of benzene rings is 1. The number of sulfonamides is 1. The van der Waals surface area contributed by atoms with Gasteiger partial charge in [-0.25, -0.2) is 8.42 Å². The Morgan fingerprint density at radius 3 is 2.48 bits per heavy atom. The van der Waals surface area contributed by atoms with Crippen molar-refractivity contribution in [1.82, 2.24) is 4.31 Å². The van der Waals surface area contributed by atoms with Crippen molar-refractivity contribution in [3.63, 3.8) is 0 Å². The molecule has 1 unspecified atom stereocenters. The molecule has 2 N–H and O–H groups in total. The molecule has 2 rings (SSSR count).